The first kappa shape index (κ1) is 15.5. The number of hydrogen-bond acceptors (Lipinski definition) is 4. The van der Waals surface area contributed by atoms with Crippen LogP contribution in [-0.4, -0.2) is 31.1 Å². The van der Waals surface area contributed by atoms with Crippen LogP contribution in [0.3, 0.4) is 0 Å². The third-order valence-electron chi connectivity index (χ3n) is 4.19. The molecule has 1 aliphatic heterocycles. The zero-order valence-electron chi connectivity index (χ0n) is 12.2. The molecule has 0 bridgehead atoms. The Morgan fingerprint density at radius 2 is 2.24 bits per heavy atom. The molecular formula is C16H21ClN2S2. The molecule has 21 heavy (non-hydrogen) atoms. The topological polar surface area (TPSA) is 15.3 Å². The van der Waals surface area contributed by atoms with Crippen LogP contribution in [0, 0.1) is 0 Å². The van der Waals surface area contributed by atoms with E-state index in [9.17, 15) is 0 Å². The summed E-state index contributed by atoms with van der Waals surface area (Å²) in [5.74, 6) is 0. The average Bonchev–Trinajstić information content (AvgIpc) is 3.13. The molecule has 2 nitrogen and oxygen atoms in total. The van der Waals surface area contributed by atoms with Crippen molar-refractivity contribution in [2.75, 3.05) is 20.1 Å². The molecule has 1 aliphatic rings. The third-order valence-corrected chi connectivity index (χ3v) is 6.42. The molecule has 2 unspecified atom stereocenters. The molecule has 0 saturated carbocycles. The van der Waals surface area contributed by atoms with Crippen LogP contribution in [0.5, 0.6) is 0 Å². The lowest BCUT2D eigenvalue weighted by molar-refractivity contribution is 0.179. The first-order valence-corrected chi connectivity index (χ1v) is 9.53. The van der Waals surface area contributed by atoms with Crippen molar-refractivity contribution in [3.8, 4) is 0 Å². The fourth-order valence-corrected chi connectivity index (χ4v) is 4.98. The van der Waals surface area contributed by atoms with Gasteiger partial charge >= 0.3 is 0 Å². The quantitative estimate of drug-likeness (QED) is 0.853. The zero-order valence-corrected chi connectivity index (χ0v) is 14.6. The van der Waals surface area contributed by atoms with Crippen molar-refractivity contribution < 1.29 is 0 Å². The zero-order chi connectivity index (χ0) is 14.7. The van der Waals surface area contributed by atoms with Crippen molar-refractivity contribution in [3.05, 3.63) is 43.7 Å². The van der Waals surface area contributed by atoms with Crippen molar-refractivity contribution in [3.63, 3.8) is 0 Å². The molecule has 2 atom stereocenters. The van der Waals surface area contributed by atoms with E-state index in [0.717, 1.165) is 10.9 Å². The molecule has 2 aromatic heterocycles. The lowest BCUT2D eigenvalue weighted by Gasteiger charge is -2.33. The molecule has 0 aliphatic carbocycles. The SMILES string of the molecule is CN1CCCCC1CNC(c1cccs1)c1ccc(Cl)s1. The van der Waals surface area contributed by atoms with Crippen LogP contribution >= 0.6 is 34.3 Å². The van der Waals surface area contributed by atoms with E-state index in [2.05, 4.69) is 40.8 Å². The molecule has 1 fully saturated rings. The standard InChI is InChI=1S/C16H21ClN2S2/c1-19-9-3-2-5-12(19)11-18-16(13-6-4-10-20-13)14-7-8-15(17)21-14/h4,6-8,10,12,16,18H,2-3,5,9,11H2,1H3. The van der Waals surface area contributed by atoms with Crippen molar-refractivity contribution >= 4 is 34.3 Å². The second-order valence-electron chi connectivity index (χ2n) is 5.63. The van der Waals surface area contributed by atoms with Gasteiger partial charge in [-0.15, -0.1) is 22.7 Å². The molecule has 0 aromatic carbocycles. The van der Waals surface area contributed by atoms with E-state index in [4.69, 9.17) is 11.6 Å². The molecular weight excluding hydrogens is 320 g/mol. The van der Waals surface area contributed by atoms with E-state index in [1.807, 2.05) is 17.4 Å². The van der Waals surface area contributed by atoms with Crippen LogP contribution < -0.4 is 5.32 Å². The van der Waals surface area contributed by atoms with Crippen LogP contribution in [-0.2, 0) is 0 Å². The van der Waals surface area contributed by atoms with Crippen LogP contribution in [0.2, 0.25) is 4.34 Å². The van der Waals surface area contributed by atoms with Gasteiger partial charge in [0.2, 0.25) is 0 Å². The van der Waals surface area contributed by atoms with Crippen LogP contribution in [0.1, 0.15) is 35.1 Å². The maximum Gasteiger partial charge on any atom is 0.0931 e. The van der Waals surface area contributed by atoms with E-state index in [-0.39, 0.29) is 6.04 Å². The van der Waals surface area contributed by atoms with Crippen molar-refractivity contribution in [1.29, 1.82) is 0 Å². The Kier molecular flexibility index (Phi) is 5.35. The molecule has 0 spiro atoms. The van der Waals surface area contributed by atoms with E-state index < -0.39 is 0 Å². The molecule has 2 aromatic rings. The normalized spacial score (nSPS) is 21.5. The third kappa shape index (κ3) is 3.88. The lowest BCUT2D eigenvalue weighted by Crippen LogP contribution is -2.43. The summed E-state index contributed by atoms with van der Waals surface area (Å²) < 4.78 is 0.864. The first-order chi connectivity index (χ1) is 10.2. The van der Waals surface area contributed by atoms with Gasteiger partial charge in [0, 0.05) is 22.3 Å². The van der Waals surface area contributed by atoms with Crippen molar-refractivity contribution in [2.45, 2.75) is 31.3 Å². The number of rotatable bonds is 5. The summed E-state index contributed by atoms with van der Waals surface area (Å²) in [7, 11) is 2.24. The second-order valence-corrected chi connectivity index (χ2v) is 8.35. The average molecular weight is 341 g/mol. The molecule has 0 radical (unpaired) electrons. The van der Waals surface area contributed by atoms with Gasteiger partial charge in [0.25, 0.3) is 0 Å². The van der Waals surface area contributed by atoms with Crippen molar-refractivity contribution in [1.82, 2.24) is 10.2 Å². The summed E-state index contributed by atoms with van der Waals surface area (Å²) in [4.78, 5) is 5.16. The fourth-order valence-electron chi connectivity index (χ4n) is 2.94. The summed E-state index contributed by atoms with van der Waals surface area (Å²) in [6.45, 7) is 2.26. The highest BCUT2D eigenvalue weighted by molar-refractivity contribution is 7.16. The van der Waals surface area contributed by atoms with Crippen molar-refractivity contribution in [2.24, 2.45) is 0 Å². The van der Waals surface area contributed by atoms with Gasteiger partial charge in [0.15, 0.2) is 0 Å². The number of nitrogens with zero attached hydrogens (tertiary/aromatic N) is 1. The number of thiophene rings is 2. The summed E-state index contributed by atoms with van der Waals surface area (Å²) in [5, 5.41) is 5.92. The lowest BCUT2D eigenvalue weighted by atomic mass is 10.0. The first-order valence-electron chi connectivity index (χ1n) is 7.46. The predicted octanol–water partition coefficient (Wildman–Crippen LogP) is 4.63. The molecule has 5 heteroatoms. The summed E-state index contributed by atoms with van der Waals surface area (Å²) >= 11 is 9.61. The summed E-state index contributed by atoms with van der Waals surface area (Å²) in [6.07, 6.45) is 3.99. The minimum atomic E-state index is 0.276. The Labute approximate surface area is 139 Å². The van der Waals surface area contributed by atoms with Crippen LogP contribution in [0.25, 0.3) is 0 Å². The van der Waals surface area contributed by atoms with Gasteiger partial charge in [-0.05, 0) is 50.0 Å². The van der Waals surface area contributed by atoms with Gasteiger partial charge in [-0.3, -0.25) is 0 Å². The van der Waals surface area contributed by atoms with Gasteiger partial charge in [-0.1, -0.05) is 24.1 Å². The van der Waals surface area contributed by atoms with Crippen LogP contribution in [0.15, 0.2) is 29.6 Å². The Morgan fingerprint density at radius 3 is 2.90 bits per heavy atom. The molecule has 3 rings (SSSR count). The highest BCUT2D eigenvalue weighted by Gasteiger charge is 2.22. The maximum absolute atomic E-state index is 6.12. The predicted molar refractivity (Wildman–Crippen MR) is 93.8 cm³/mol. The number of hydrogen-bond donors (Lipinski definition) is 1. The largest absolute Gasteiger partial charge is 0.303 e. The monoisotopic (exact) mass is 340 g/mol. The van der Waals surface area contributed by atoms with E-state index in [1.165, 1.54) is 35.6 Å². The fraction of sp³-hybridized carbons (Fsp3) is 0.500. The molecule has 0 amide bonds. The van der Waals surface area contributed by atoms with Gasteiger partial charge in [-0.25, -0.2) is 0 Å². The Hall–Kier alpha value is -0.390. The maximum atomic E-state index is 6.12. The highest BCUT2D eigenvalue weighted by atomic mass is 35.5. The van der Waals surface area contributed by atoms with E-state index in [1.54, 1.807) is 11.3 Å². The summed E-state index contributed by atoms with van der Waals surface area (Å²) in [5.41, 5.74) is 0. The number of halogens is 1. The Balaban J connectivity index is 1.71. The Bertz CT molecular complexity index is 552. The van der Waals surface area contributed by atoms with E-state index in [0.29, 0.717) is 6.04 Å². The molecule has 1 N–H and O–H groups in total. The number of likely N-dealkylation sites (tertiary alicyclic amines) is 1. The second kappa shape index (κ2) is 7.25. The van der Waals surface area contributed by atoms with Gasteiger partial charge < -0.3 is 10.2 Å². The van der Waals surface area contributed by atoms with E-state index >= 15 is 0 Å². The van der Waals surface area contributed by atoms with Gasteiger partial charge in [0.1, 0.15) is 0 Å². The minimum absolute atomic E-state index is 0.276. The Morgan fingerprint density at radius 1 is 1.33 bits per heavy atom. The van der Waals surface area contributed by atoms with Gasteiger partial charge in [-0.2, -0.15) is 0 Å². The number of nitrogens with one attached hydrogen (secondary N) is 1. The van der Waals surface area contributed by atoms with Crippen LogP contribution in [0.4, 0.5) is 0 Å². The minimum Gasteiger partial charge on any atom is -0.303 e. The molecule has 1 saturated heterocycles. The molecule has 114 valence electrons. The van der Waals surface area contributed by atoms with Gasteiger partial charge in [0.05, 0.1) is 10.4 Å². The number of likely N-dealkylation sites (N-methyl/N-ethyl adjacent to an activating group) is 1. The number of piperidine rings is 1. The molecule has 3 heterocycles. The highest BCUT2D eigenvalue weighted by Crippen LogP contribution is 2.33. The summed E-state index contributed by atoms with van der Waals surface area (Å²) in [6, 6.07) is 9.40. The smallest absolute Gasteiger partial charge is 0.0931 e.